The molecule has 4 aromatic heterocycles. The smallest absolute Gasteiger partial charge is 0.254 e. The van der Waals surface area contributed by atoms with Crippen LogP contribution in [-0.2, 0) is 23.7 Å². The number of ether oxygens (including phenoxy) is 2. The zero-order valence-corrected chi connectivity index (χ0v) is 35.9. The molecule has 0 bridgehead atoms. The molecule has 0 spiro atoms. The van der Waals surface area contributed by atoms with E-state index in [-0.39, 0.29) is 40.6 Å². The average molecular weight is 881 g/mol. The fraction of sp³-hybridized carbons (Fsp3) is 0.300. The molecule has 6 aromatic rings. The molecule has 0 radical (unpaired) electrons. The van der Waals surface area contributed by atoms with Crippen LogP contribution in [0, 0.1) is 11.8 Å². The molecule has 0 unspecified atom stereocenters. The van der Waals surface area contributed by atoms with Crippen LogP contribution in [0.1, 0.15) is 46.4 Å². The SMILES string of the molecule is CNC(=O)c1cnc(Cl)cc1Nc1cccc(-c2nnn(C)n2)c1OC.CNC(=O)c1cnc(NC(=O)C2CC2)cc1Nc1cccc(-c2nnn(C)n2)c1OC.NC(=O)C1CC1. The minimum Gasteiger partial charge on any atom is -0.494 e. The first kappa shape index (κ1) is 44.8. The monoisotopic (exact) mass is 880 g/mol. The number of anilines is 5. The summed E-state index contributed by atoms with van der Waals surface area (Å²) in [7, 11) is 9.51. The predicted octanol–water partition coefficient (Wildman–Crippen LogP) is 3.65. The molecule has 22 nitrogen and oxygen atoms in total. The number of amides is 4. The Hall–Kier alpha value is -7.75. The van der Waals surface area contributed by atoms with E-state index in [0.717, 1.165) is 25.7 Å². The summed E-state index contributed by atoms with van der Waals surface area (Å²) < 4.78 is 11.1. The van der Waals surface area contributed by atoms with Gasteiger partial charge in [-0.2, -0.15) is 9.59 Å². The summed E-state index contributed by atoms with van der Waals surface area (Å²) >= 11 is 5.99. The van der Waals surface area contributed by atoms with Gasteiger partial charge in [0, 0.05) is 44.4 Å². The lowest BCUT2D eigenvalue weighted by atomic mass is 10.1. The number of aromatic nitrogens is 10. The van der Waals surface area contributed by atoms with Gasteiger partial charge in [-0.25, -0.2) is 9.97 Å². The Morgan fingerprint density at radius 2 is 1.17 bits per heavy atom. The molecule has 2 aliphatic rings. The maximum atomic E-state index is 12.4. The highest BCUT2D eigenvalue weighted by atomic mass is 35.5. The van der Waals surface area contributed by atoms with E-state index >= 15 is 0 Å². The molecule has 0 saturated heterocycles. The van der Waals surface area contributed by atoms with Gasteiger partial charge in [0.1, 0.15) is 11.0 Å². The zero-order chi connectivity index (χ0) is 45.2. The van der Waals surface area contributed by atoms with Gasteiger partial charge in [0.2, 0.25) is 23.5 Å². The molecule has 4 amide bonds. The van der Waals surface area contributed by atoms with Gasteiger partial charge in [-0.05, 0) is 66.4 Å². The number of nitrogens with one attached hydrogen (secondary N) is 5. The minimum atomic E-state index is -0.319. The molecular weight excluding hydrogens is 836 g/mol. The van der Waals surface area contributed by atoms with E-state index in [4.69, 9.17) is 26.8 Å². The number of carbonyl (C=O) groups is 4. The predicted molar refractivity (Wildman–Crippen MR) is 232 cm³/mol. The number of tetrazole rings is 2. The number of aryl methyl sites for hydroxylation is 2. The van der Waals surface area contributed by atoms with E-state index < -0.39 is 0 Å². The Morgan fingerprint density at radius 3 is 1.57 bits per heavy atom. The van der Waals surface area contributed by atoms with Gasteiger partial charge in [-0.1, -0.05) is 23.7 Å². The third-order valence-electron chi connectivity index (χ3n) is 9.37. The molecule has 328 valence electrons. The van der Waals surface area contributed by atoms with Crippen LogP contribution in [0.5, 0.6) is 11.5 Å². The Bertz CT molecular complexity index is 2630. The van der Waals surface area contributed by atoms with Gasteiger partial charge in [0.25, 0.3) is 11.8 Å². The number of halogens is 1. The Morgan fingerprint density at radius 1 is 0.698 bits per heavy atom. The van der Waals surface area contributed by atoms with Gasteiger partial charge in [0.15, 0.2) is 11.5 Å². The molecule has 4 heterocycles. The lowest BCUT2D eigenvalue weighted by Gasteiger charge is -2.16. The van der Waals surface area contributed by atoms with E-state index in [9.17, 15) is 19.2 Å². The maximum Gasteiger partial charge on any atom is 0.254 e. The van der Waals surface area contributed by atoms with Crippen LogP contribution in [0.15, 0.2) is 60.9 Å². The average Bonchev–Trinajstić information content (AvgIpc) is 4.22. The molecule has 2 saturated carbocycles. The van der Waals surface area contributed by atoms with Crippen LogP contribution in [0.4, 0.5) is 28.6 Å². The Balaban J connectivity index is 0.000000187. The van der Waals surface area contributed by atoms with Crippen molar-refractivity contribution in [2.45, 2.75) is 25.7 Å². The number of nitrogens with zero attached hydrogens (tertiary/aromatic N) is 10. The van der Waals surface area contributed by atoms with Crippen molar-refractivity contribution in [2.24, 2.45) is 31.7 Å². The fourth-order valence-corrected chi connectivity index (χ4v) is 6.03. The standard InChI is InChI=1S/C20H22N8O3.C16H16ClN7O2.C4H7NO/c1-21-20(30)13-10-22-16(24-19(29)11-7-8-11)9-15(13)23-14-6-4-5-12(17(14)31-3)18-25-27-28(2)26-18;1-18-16(25)10-8-19-13(17)7-12(10)20-11-6-4-5-9(14(11)26-3)15-21-23-24(2)22-15;5-4(6)3-1-2-3/h4-6,9-11H,7-8H2,1-3H3,(H,21,30)(H2,22,23,24,29);4-8H,1-3H3,(H,18,25)(H,19,20);3H,1-2H2,(H2,5,6). The van der Waals surface area contributed by atoms with Crippen molar-refractivity contribution in [1.82, 2.24) is 61.0 Å². The summed E-state index contributed by atoms with van der Waals surface area (Å²) in [6, 6.07) is 14.1. The Labute approximate surface area is 365 Å². The maximum absolute atomic E-state index is 12.4. The second kappa shape index (κ2) is 20.2. The number of carbonyl (C=O) groups excluding carboxylic acids is 4. The van der Waals surface area contributed by atoms with Gasteiger partial charge in [0.05, 0.1) is 73.3 Å². The van der Waals surface area contributed by atoms with Crippen molar-refractivity contribution < 1.29 is 28.7 Å². The highest BCUT2D eigenvalue weighted by Gasteiger charge is 2.30. The van der Waals surface area contributed by atoms with E-state index in [1.807, 2.05) is 24.3 Å². The Kier molecular flexibility index (Phi) is 14.4. The number of para-hydroxylation sites is 2. The topological polar surface area (TPSA) is 286 Å². The summed E-state index contributed by atoms with van der Waals surface area (Å²) in [5.74, 6) is 1.65. The van der Waals surface area contributed by atoms with Gasteiger partial charge < -0.3 is 41.8 Å². The summed E-state index contributed by atoms with van der Waals surface area (Å²) in [6.07, 6.45) is 6.64. The van der Waals surface area contributed by atoms with Crippen LogP contribution in [0.25, 0.3) is 22.8 Å². The fourth-order valence-electron chi connectivity index (χ4n) is 5.87. The highest BCUT2D eigenvalue weighted by molar-refractivity contribution is 6.29. The zero-order valence-electron chi connectivity index (χ0n) is 35.1. The highest BCUT2D eigenvalue weighted by Crippen LogP contribution is 2.39. The second-order valence-electron chi connectivity index (χ2n) is 14.0. The summed E-state index contributed by atoms with van der Waals surface area (Å²) in [4.78, 5) is 57.5. The molecule has 2 aromatic carbocycles. The first-order valence-electron chi connectivity index (χ1n) is 19.4. The van der Waals surface area contributed by atoms with E-state index in [1.165, 1.54) is 36.1 Å². The molecule has 0 atom stereocenters. The van der Waals surface area contributed by atoms with E-state index in [1.54, 1.807) is 52.5 Å². The number of hydrogen-bond donors (Lipinski definition) is 6. The number of pyridine rings is 2. The van der Waals surface area contributed by atoms with Crippen molar-refractivity contribution >= 4 is 63.8 Å². The first-order valence-corrected chi connectivity index (χ1v) is 19.8. The first-order chi connectivity index (χ1) is 30.3. The lowest BCUT2D eigenvalue weighted by Crippen LogP contribution is -2.20. The van der Waals surface area contributed by atoms with Gasteiger partial charge in [-0.3, -0.25) is 19.2 Å². The van der Waals surface area contributed by atoms with E-state index in [0.29, 0.717) is 74.0 Å². The number of hydrogen-bond acceptors (Lipinski definition) is 16. The summed E-state index contributed by atoms with van der Waals surface area (Å²) in [5, 5.41) is 38.8. The molecular formula is C40H45ClN16O6. The normalized spacial score (nSPS) is 12.6. The van der Waals surface area contributed by atoms with Crippen molar-refractivity contribution in [3.8, 4) is 34.3 Å². The largest absolute Gasteiger partial charge is 0.494 e. The number of rotatable bonds is 13. The number of nitrogens with two attached hydrogens (primary N) is 1. The van der Waals surface area contributed by atoms with Crippen LogP contribution in [-0.4, -0.2) is 102 Å². The molecule has 8 rings (SSSR count). The van der Waals surface area contributed by atoms with E-state index in [2.05, 4.69) is 67.4 Å². The van der Waals surface area contributed by atoms with Crippen LogP contribution < -0.4 is 41.8 Å². The quantitative estimate of drug-likeness (QED) is 0.0903. The molecule has 63 heavy (non-hydrogen) atoms. The third kappa shape index (κ3) is 11.3. The third-order valence-corrected chi connectivity index (χ3v) is 9.58. The second-order valence-corrected chi connectivity index (χ2v) is 14.4. The number of methoxy groups -OCH3 is 2. The van der Waals surface area contributed by atoms with Crippen LogP contribution in [0.2, 0.25) is 5.15 Å². The minimum absolute atomic E-state index is 0.0353. The van der Waals surface area contributed by atoms with Crippen molar-refractivity contribution in [1.29, 1.82) is 0 Å². The molecule has 0 aliphatic heterocycles. The molecule has 7 N–H and O–H groups in total. The lowest BCUT2D eigenvalue weighted by molar-refractivity contribution is -0.119. The van der Waals surface area contributed by atoms with Gasteiger partial charge in [-0.15, -0.1) is 20.4 Å². The number of benzene rings is 2. The summed E-state index contributed by atoms with van der Waals surface area (Å²) in [6.45, 7) is 0. The number of primary amides is 1. The van der Waals surface area contributed by atoms with Crippen LogP contribution >= 0.6 is 11.6 Å². The molecule has 2 fully saturated rings. The van der Waals surface area contributed by atoms with Crippen molar-refractivity contribution in [2.75, 3.05) is 44.3 Å². The van der Waals surface area contributed by atoms with Crippen molar-refractivity contribution in [3.05, 3.63) is 77.2 Å². The van der Waals surface area contributed by atoms with Gasteiger partial charge >= 0.3 is 0 Å². The summed E-state index contributed by atoms with van der Waals surface area (Å²) in [5.41, 5.74) is 8.98. The molecule has 23 heteroatoms. The van der Waals surface area contributed by atoms with Crippen molar-refractivity contribution in [3.63, 3.8) is 0 Å². The molecule has 2 aliphatic carbocycles. The van der Waals surface area contributed by atoms with Crippen LogP contribution in [0.3, 0.4) is 0 Å².